The molecule has 0 aliphatic carbocycles. The molecule has 0 spiro atoms. The van der Waals surface area contributed by atoms with Crippen LogP contribution in [-0.2, 0) is 11.3 Å². The number of hydrogen-bond donors (Lipinski definition) is 1. The average Bonchev–Trinajstić information content (AvgIpc) is 3.23. The number of carbonyl (C=O) groups is 1. The summed E-state index contributed by atoms with van der Waals surface area (Å²) in [5, 5.41) is 12.7. The number of hydrogen-bond acceptors (Lipinski definition) is 4. The van der Waals surface area contributed by atoms with Gasteiger partial charge in [0, 0.05) is 11.6 Å². The molecule has 7 nitrogen and oxygen atoms in total. The van der Waals surface area contributed by atoms with Crippen LogP contribution < -0.4 is 10.9 Å². The predicted octanol–water partition coefficient (Wildman–Crippen LogP) is 3.63. The largest absolute Gasteiger partial charge is 0.322 e. The first-order valence-electron chi connectivity index (χ1n) is 9.68. The van der Waals surface area contributed by atoms with E-state index in [-0.39, 0.29) is 11.2 Å². The zero-order valence-electron chi connectivity index (χ0n) is 16.5. The first-order valence-corrected chi connectivity index (χ1v) is 9.68. The molecule has 0 saturated carbocycles. The van der Waals surface area contributed by atoms with Crippen molar-refractivity contribution in [3.63, 3.8) is 0 Å². The van der Waals surface area contributed by atoms with Gasteiger partial charge in [-0.2, -0.15) is 10.2 Å². The summed E-state index contributed by atoms with van der Waals surface area (Å²) in [4.78, 5) is 25.2. The molecule has 9 heteroatoms. The van der Waals surface area contributed by atoms with Crippen LogP contribution in [0.4, 0.5) is 14.5 Å². The van der Waals surface area contributed by atoms with Crippen LogP contribution in [0, 0.1) is 11.6 Å². The Morgan fingerprint density at radius 3 is 2.69 bits per heavy atom. The Balaban J connectivity index is 1.47. The molecule has 0 atom stereocenters. The topological polar surface area (TPSA) is 81.3 Å². The van der Waals surface area contributed by atoms with Crippen LogP contribution in [0.1, 0.15) is 0 Å². The van der Waals surface area contributed by atoms with Crippen LogP contribution in [0.15, 0.2) is 77.9 Å². The van der Waals surface area contributed by atoms with Gasteiger partial charge in [-0.05, 0) is 29.0 Å². The normalized spacial score (nSPS) is 11.2. The van der Waals surface area contributed by atoms with Crippen molar-refractivity contribution in [1.29, 1.82) is 0 Å². The molecule has 2 aromatic heterocycles. The second kappa shape index (κ2) is 7.69. The van der Waals surface area contributed by atoms with Gasteiger partial charge in [-0.15, -0.1) is 0 Å². The smallest absolute Gasteiger partial charge is 0.293 e. The summed E-state index contributed by atoms with van der Waals surface area (Å²) in [6, 6.07) is 18.0. The van der Waals surface area contributed by atoms with Crippen molar-refractivity contribution >= 4 is 27.9 Å². The molecule has 0 saturated heterocycles. The van der Waals surface area contributed by atoms with Gasteiger partial charge in [0.25, 0.3) is 5.56 Å². The lowest BCUT2D eigenvalue weighted by Gasteiger charge is -2.07. The SMILES string of the molecule is O=C(Cn1ncn2nc(-c3cccc4ccccc34)cc2c1=O)Nc1cc(F)ccc1F. The van der Waals surface area contributed by atoms with E-state index in [2.05, 4.69) is 15.5 Å². The molecule has 0 fully saturated rings. The fourth-order valence-corrected chi connectivity index (χ4v) is 3.55. The highest BCUT2D eigenvalue weighted by Crippen LogP contribution is 2.27. The van der Waals surface area contributed by atoms with Crippen LogP contribution in [0.2, 0.25) is 0 Å². The molecule has 1 amide bonds. The monoisotopic (exact) mass is 431 g/mol. The molecule has 0 aliphatic heterocycles. The summed E-state index contributed by atoms with van der Waals surface area (Å²) < 4.78 is 29.4. The molecule has 2 heterocycles. The van der Waals surface area contributed by atoms with E-state index in [0.29, 0.717) is 5.69 Å². The number of benzene rings is 3. The van der Waals surface area contributed by atoms with E-state index in [0.717, 1.165) is 39.2 Å². The summed E-state index contributed by atoms with van der Waals surface area (Å²) in [5.74, 6) is -2.20. The molecule has 5 rings (SSSR count). The van der Waals surface area contributed by atoms with Gasteiger partial charge in [-0.25, -0.2) is 18.0 Å². The molecule has 0 aliphatic rings. The molecule has 0 radical (unpaired) electrons. The molecule has 1 N–H and O–H groups in total. The minimum absolute atomic E-state index is 0.229. The number of anilines is 1. The number of fused-ring (bicyclic) bond motifs is 2. The van der Waals surface area contributed by atoms with Crippen LogP contribution >= 0.6 is 0 Å². The summed E-state index contributed by atoms with van der Waals surface area (Å²) in [6.45, 7) is -0.472. The number of amides is 1. The van der Waals surface area contributed by atoms with Crippen molar-refractivity contribution in [2.24, 2.45) is 0 Å². The van der Waals surface area contributed by atoms with E-state index < -0.39 is 29.6 Å². The second-order valence-electron chi connectivity index (χ2n) is 7.15. The third kappa shape index (κ3) is 3.49. The number of halogens is 2. The quantitative estimate of drug-likeness (QED) is 0.471. The second-order valence-corrected chi connectivity index (χ2v) is 7.15. The maximum Gasteiger partial charge on any atom is 0.293 e. The molecule has 32 heavy (non-hydrogen) atoms. The van der Waals surface area contributed by atoms with Gasteiger partial charge in [0.2, 0.25) is 5.91 Å². The Morgan fingerprint density at radius 1 is 1.00 bits per heavy atom. The summed E-state index contributed by atoms with van der Waals surface area (Å²) >= 11 is 0. The third-order valence-electron chi connectivity index (χ3n) is 5.05. The highest BCUT2D eigenvalue weighted by atomic mass is 19.1. The highest BCUT2D eigenvalue weighted by molar-refractivity contribution is 5.96. The van der Waals surface area contributed by atoms with Gasteiger partial charge >= 0.3 is 0 Å². The fourth-order valence-electron chi connectivity index (χ4n) is 3.55. The highest BCUT2D eigenvalue weighted by Gasteiger charge is 2.15. The molecule has 158 valence electrons. The lowest BCUT2D eigenvalue weighted by atomic mass is 10.0. The predicted molar refractivity (Wildman–Crippen MR) is 115 cm³/mol. The number of rotatable bonds is 4. The van der Waals surface area contributed by atoms with Gasteiger partial charge in [0.1, 0.15) is 30.0 Å². The molecular formula is C23H15F2N5O2. The summed E-state index contributed by atoms with van der Waals surface area (Å²) in [6.07, 6.45) is 1.32. The summed E-state index contributed by atoms with van der Waals surface area (Å²) in [7, 11) is 0. The Hall–Kier alpha value is -4.40. The minimum atomic E-state index is -0.786. The van der Waals surface area contributed by atoms with E-state index in [1.54, 1.807) is 6.07 Å². The van der Waals surface area contributed by atoms with E-state index >= 15 is 0 Å². The molecule has 0 bridgehead atoms. The molecule has 0 unspecified atom stereocenters. The van der Waals surface area contributed by atoms with Crippen molar-refractivity contribution in [1.82, 2.24) is 19.4 Å². The van der Waals surface area contributed by atoms with E-state index in [1.807, 2.05) is 42.5 Å². The van der Waals surface area contributed by atoms with Crippen molar-refractivity contribution in [3.8, 4) is 11.3 Å². The zero-order chi connectivity index (χ0) is 22.2. The van der Waals surface area contributed by atoms with Crippen molar-refractivity contribution in [2.75, 3.05) is 5.32 Å². The number of carbonyl (C=O) groups excluding carboxylic acids is 1. The Bertz CT molecular complexity index is 1550. The Labute approximate surface area is 179 Å². The van der Waals surface area contributed by atoms with Gasteiger partial charge in [0.15, 0.2) is 0 Å². The fraction of sp³-hybridized carbons (Fsp3) is 0.0435. The third-order valence-corrected chi connectivity index (χ3v) is 5.05. The minimum Gasteiger partial charge on any atom is -0.322 e. The maximum absolute atomic E-state index is 13.8. The number of aromatic nitrogens is 4. The summed E-state index contributed by atoms with van der Waals surface area (Å²) in [5.41, 5.74) is 0.822. The van der Waals surface area contributed by atoms with E-state index in [4.69, 9.17) is 0 Å². The van der Waals surface area contributed by atoms with Crippen LogP contribution in [0.5, 0.6) is 0 Å². The molecular weight excluding hydrogens is 416 g/mol. The van der Waals surface area contributed by atoms with E-state index in [1.165, 1.54) is 10.8 Å². The zero-order valence-corrected chi connectivity index (χ0v) is 16.5. The Morgan fingerprint density at radius 2 is 1.81 bits per heavy atom. The lowest BCUT2D eigenvalue weighted by Crippen LogP contribution is -2.30. The van der Waals surface area contributed by atoms with Crippen LogP contribution in [0.25, 0.3) is 27.5 Å². The Kier molecular flexibility index (Phi) is 4.70. The van der Waals surface area contributed by atoms with Gasteiger partial charge in [-0.1, -0.05) is 42.5 Å². The standard InChI is InChI=1S/C23H15F2N5O2/c24-15-8-9-18(25)20(10-15)27-22(31)12-29-23(32)21-11-19(28-30(21)13-26-29)17-7-3-5-14-4-1-2-6-16(14)17/h1-11,13H,12H2,(H,27,31). The number of nitrogens with zero attached hydrogens (tertiary/aromatic N) is 4. The molecule has 5 aromatic rings. The van der Waals surface area contributed by atoms with Crippen LogP contribution in [-0.4, -0.2) is 25.3 Å². The maximum atomic E-state index is 13.8. The number of nitrogens with one attached hydrogen (secondary N) is 1. The molecule has 3 aromatic carbocycles. The average molecular weight is 431 g/mol. The first kappa shape index (κ1) is 19.6. The van der Waals surface area contributed by atoms with Crippen LogP contribution in [0.3, 0.4) is 0 Å². The van der Waals surface area contributed by atoms with Crippen molar-refractivity contribution < 1.29 is 13.6 Å². The lowest BCUT2D eigenvalue weighted by molar-refractivity contribution is -0.117. The first-order chi connectivity index (χ1) is 15.5. The van der Waals surface area contributed by atoms with E-state index in [9.17, 15) is 18.4 Å². The van der Waals surface area contributed by atoms with Gasteiger partial charge in [0.05, 0.1) is 11.4 Å². The van der Waals surface area contributed by atoms with Crippen molar-refractivity contribution in [3.05, 3.63) is 95.0 Å². The van der Waals surface area contributed by atoms with Crippen molar-refractivity contribution in [2.45, 2.75) is 6.54 Å². The van der Waals surface area contributed by atoms with Gasteiger partial charge < -0.3 is 5.32 Å². The van der Waals surface area contributed by atoms with Gasteiger partial charge in [-0.3, -0.25) is 9.59 Å².